The van der Waals surface area contributed by atoms with E-state index in [4.69, 9.17) is 4.98 Å². The summed E-state index contributed by atoms with van der Waals surface area (Å²) in [6.07, 6.45) is 3.52. The molecule has 3 heterocycles. The van der Waals surface area contributed by atoms with Gasteiger partial charge < -0.3 is 19.7 Å². The van der Waals surface area contributed by atoms with Crippen molar-refractivity contribution in [3.05, 3.63) is 72.3 Å². The molecule has 0 unspecified atom stereocenters. The van der Waals surface area contributed by atoms with Crippen molar-refractivity contribution >= 4 is 34.2 Å². The second kappa shape index (κ2) is 9.77. The summed E-state index contributed by atoms with van der Waals surface area (Å²) in [6, 6.07) is 13.8. The lowest BCUT2D eigenvalue weighted by Crippen LogP contribution is -2.48. The van der Waals surface area contributed by atoms with Crippen molar-refractivity contribution < 1.29 is 14.0 Å². The molecule has 4 aromatic rings. The first kappa shape index (κ1) is 23.5. The van der Waals surface area contributed by atoms with Crippen molar-refractivity contribution in [2.24, 2.45) is 0 Å². The van der Waals surface area contributed by atoms with E-state index in [1.165, 1.54) is 13.0 Å². The molecule has 0 spiro atoms. The molecule has 2 amide bonds. The molecular formula is C27H27FN6O2. The lowest BCUT2D eigenvalue weighted by atomic mass is 10.1. The van der Waals surface area contributed by atoms with Crippen LogP contribution in [0, 0.1) is 5.82 Å². The first-order valence-corrected chi connectivity index (χ1v) is 12.0. The summed E-state index contributed by atoms with van der Waals surface area (Å²) in [5.74, 6) is -0.320. The molecule has 0 atom stereocenters. The van der Waals surface area contributed by atoms with E-state index in [1.807, 2.05) is 28.5 Å². The number of amides is 2. The number of benzene rings is 2. The van der Waals surface area contributed by atoms with E-state index in [0.717, 1.165) is 5.69 Å². The van der Waals surface area contributed by atoms with Gasteiger partial charge in [0.15, 0.2) is 0 Å². The second-order valence-corrected chi connectivity index (χ2v) is 8.72. The highest BCUT2D eigenvalue weighted by Gasteiger charge is 2.25. The highest BCUT2D eigenvalue weighted by Crippen LogP contribution is 2.33. The summed E-state index contributed by atoms with van der Waals surface area (Å²) in [6.45, 7) is 6.42. The SMILES string of the molecule is CCn1c(-c2ccccc2F)nc2cc(C(=O)N3CCN(c4ccncc4)CC3)cc(NC(C)=O)c21. The fourth-order valence-corrected chi connectivity index (χ4v) is 4.74. The maximum Gasteiger partial charge on any atom is 0.254 e. The van der Waals surface area contributed by atoms with E-state index in [0.29, 0.717) is 66.4 Å². The minimum atomic E-state index is -0.382. The zero-order valence-corrected chi connectivity index (χ0v) is 20.2. The van der Waals surface area contributed by atoms with Gasteiger partial charge in [-0.1, -0.05) is 12.1 Å². The Hall–Kier alpha value is -4.27. The molecule has 1 fully saturated rings. The minimum Gasteiger partial charge on any atom is -0.368 e. The van der Waals surface area contributed by atoms with Gasteiger partial charge in [0.2, 0.25) is 5.91 Å². The van der Waals surface area contributed by atoms with Crippen molar-refractivity contribution in [1.29, 1.82) is 0 Å². The van der Waals surface area contributed by atoms with Gasteiger partial charge in [-0.3, -0.25) is 14.6 Å². The van der Waals surface area contributed by atoms with Gasteiger partial charge in [0.05, 0.1) is 22.3 Å². The predicted octanol–water partition coefficient (Wildman–Crippen LogP) is 4.18. The average molecular weight is 487 g/mol. The van der Waals surface area contributed by atoms with Crippen LogP contribution < -0.4 is 10.2 Å². The number of aryl methyl sites for hydroxylation is 1. The van der Waals surface area contributed by atoms with Gasteiger partial charge in [-0.05, 0) is 43.3 Å². The number of carbonyl (C=O) groups is 2. The Bertz CT molecular complexity index is 1430. The predicted molar refractivity (Wildman–Crippen MR) is 137 cm³/mol. The fourth-order valence-electron chi connectivity index (χ4n) is 4.74. The molecule has 2 aromatic carbocycles. The molecule has 0 bridgehead atoms. The molecule has 2 aromatic heterocycles. The van der Waals surface area contributed by atoms with Crippen LogP contribution >= 0.6 is 0 Å². The number of pyridine rings is 1. The second-order valence-electron chi connectivity index (χ2n) is 8.72. The summed E-state index contributed by atoms with van der Waals surface area (Å²) in [7, 11) is 0. The Morgan fingerprint density at radius 2 is 1.75 bits per heavy atom. The third-order valence-electron chi connectivity index (χ3n) is 6.43. The number of piperazine rings is 1. The smallest absolute Gasteiger partial charge is 0.254 e. The van der Waals surface area contributed by atoms with E-state index in [9.17, 15) is 14.0 Å². The Morgan fingerprint density at radius 1 is 1.03 bits per heavy atom. The summed E-state index contributed by atoms with van der Waals surface area (Å²) >= 11 is 0. The van der Waals surface area contributed by atoms with Crippen molar-refractivity contribution in [3.8, 4) is 11.4 Å². The third kappa shape index (κ3) is 4.39. The Morgan fingerprint density at radius 3 is 2.42 bits per heavy atom. The highest BCUT2D eigenvalue weighted by molar-refractivity contribution is 6.05. The lowest BCUT2D eigenvalue weighted by Gasteiger charge is -2.36. The number of rotatable bonds is 5. The van der Waals surface area contributed by atoms with Crippen LogP contribution in [0.25, 0.3) is 22.4 Å². The molecular weight excluding hydrogens is 459 g/mol. The monoisotopic (exact) mass is 486 g/mol. The molecule has 184 valence electrons. The van der Waals surface area contributed by atoms with E-state index >= 15 is 0 Å². The first-order valence-electron chi connectivity index (χ1n) is 12.0. The van der Waals surface area contributed by atoms with E-state index in [2.05, 4.69) is 15.2 Å². The lowest BCUT2D eigenvalue weighted by molar-refractivity contribution is -0.114. The van der Waals surface area contributed by atoms with E-state index < -0.39 is 0 Å². The minimum absolute atomic E-state index is 0.128. The number of anilines is 2. The van der Waals surface area contributed by atoms with Crippen LogP contribution in [0.1, 0.15) is 24.2 Å². The summed E-state index contributed by atoms with van der Waals surface area (Å²) < 4.78 is 16.5. The quantitative estimate of drug-likeness (QED) is 0.458. The van der Waals surface area contributed by atoms with Gasteiger partial charge in [-0.25, -0.2) is 9.37 Å². The zero-order valence-electron chi connectivity index (χ0n) is 20.2. The Balaban J connectivity index is 1.50. The molecule has 9 heteroatoms. The van der Waals surface area contributed by atoms with Gasteiger partial charge in [0.1, 0.15) is 11.6 Å². The van der Waals surface area contributed by atoms with Gasteiger partial charge in [-0.15, -0.1) is 0 Å². The first-order chi connectivity index (χ1) is 17.5. The number of aromatic nitrogens is 3. The van der Waals surface area contributed by atoms with Gasteiger partial charge in [-0.2, -0.15) is 0 Å². The number of nitrogens with zero attached hydrogens (tertiary/aromatic N) is 5. The molecule has 1 N–H and O–H groups in total. The number of fused-ring (bicyclic) bond motifs is 1. The fraction of sp³-hybridized carbons (Fsp3) is 0.259. The van der Waals surface area contributed by atoms with Gasteiger partial charge >= 0.3 is 0 Å². The zero-order chi connectivity index (χ0) is 25.2. The maximum atomic E-state index is 14.6. The molecule has 0 radical (unpaired) electrons. The van der Waals surface area contributed by atoms with Crippen LogP contribution in [0.4, 0.5) is 15.8 Å². The van der Waals surface area contributed by atoms with Gasteiger partial charge in [0, 0.05) is 63.3 Å². The molecule has 0 saturated carbocycles. The average Bonchev–Trinajstić information content (AvgIpc) is 3.27. The van der Waals surface area contributed by atoms with Crippen LogP contribution in [0.15, 0.2) is 60.9 Å². The van der Waals surface area contributed by atoms with Crippen molar-refractivity contribution in [1.82, 2.24) is 19.4 Å². The molecule has 8 nitrogen and oxygen atoms in total. The Labute approximate surface area is 208 Å². The number of carbonyl (C=O) groups excluding carboxylic acids is 2. The number of nitrogens with one attached hydrogen (secondary N) is 1. The molecule has 36 heavy (non-hydrogen) atoms. The number of hydrogen-bond acceptors (Lipinski definition) is 5. The van der Waals surface area contributed by atoms with Crippen molar-refractivity contribution in [2.75, 3.05) is 36.4 Å². The van der Waals surface area contributed by atoms with Gasteiger partial charge in [0.25, 0.3) is 5.91 Å². The molecule has 1 saturated heterocycles. The topological polar surface area (TPSA) is 83.4 Å². The van der Waals surface area contributed by atoms with E-state index in [-0.39, 0.29) is 17.6 Å². The maximum absolute atomic E-state index is 14.6. The van der Waals surface area contributed by atoms with Crippen LogP contribution in [0.5, 0.6) is 0 Å². The third-order valence-corrected chi connectivity index (χ3v) is 6.43. The van der Waals surface area contributed by atoms with Crippen LogP contribution in [0.2, 0.25) is 0 Å². The normalized spacial score (nSPS) is 13.8. The van der Waals surface area contributed by atoms with Crippen molar-refractivity contribution in [2.45, 2.75) is 20.4 Å². The number of imidazole rings is 1. The van der Waals surface area contributed by atoms with Crippen LogP contribution in [-0.4, -0.2) is 57.4 Å². The number of hydrogen-bond donors (Lipinski definition) is 1. The molecule has 1 aliphatic rings. The highest BCUT2D eigenvalue weighted by atomic mass is 19.1. The summed E-state index contributed by atoms with van der Waals surface area (Å²) in [5.41, 5.74) is 3.55. The Kier molecular flexibility index (Phi) is 6.37. The van der Waals surface area contributed by atoms with E-state index in [1.54, 1.807) is 42.7 Å². The summed E-state index contributed by atoms with van der Waals surface area (Å²) in [4.78, 5) is 38.3. The largest absolute Gasteiger partial charge is 0.368 e. The van der Waals surface area contributed by atoms with Crippen LogP contribution in [-0.2, 0) is 11.3 Å². The van der Waals surface area contributed by atoms with Crippen molar-refractivity contribution in [3.63, 3.8) is 0 Å². The molecule has 1 aliphatic heterocycles. The van der Waals surface area contributed by atoms with Crippen LogP contribution in [0.3, 0.4) is 0 Å². The molecule has 0 aliphatic carbocycles. The number of halogens is 1. The standard InChI is InChI=1S/C27H27FN6O2/c1-3-34-25-23(30-18(2)35)16-19(17-24(25)31-26(34)21-6-4-5-7-22(21)28)27(36)33-14-12-32(13-15-33)20-8-10-29-11-9-20/h4-11,16-17H,3,12-15H2,1-2H3,(H,30,35). The molecule has 5 rings (SSSR count). The summed E-state index contributed by atoms with van der Waals surface area (Å²) in [5, 5.41) is 2.85.